The lowest BCUT2D eigenvalue weighted by Gasteiger charge is -2.24. The molecule has 0 atom stereocenters. The Morgan fingerprint density at radius 3 is 2.12 bits per heavy atom. The van der Waals surface area contributed by atoms with Gasteiger partial charge in [-0.15, -0.1) is 0 Å². The van der Waals surface area contributed by atoms with Crippen LogP contribution in [0.5, 0.6) is 17.2 Å². The molecule has 0 radical (unpaired) electrons. The number of ether oxygens (including phenoxy) is 5. The Bertz CT molecular complexity index is 2290. The second-order valence-corrected chi connectivity index (χ2v) is 16.4. The number of Topliss-reactive ketones (excluding diaryl/α,β-unsaturated/α-hetero) is 1. The van der Waals surface area contributed by atoms with Gasteiger partial charge in [-0.2, -0.15) is 0 Å². The number of hydrogen-bond donors (Lipinski definition) is 3. The van der Waals surface area contributed by atoms with Gasteiger partial charge in [0.1, 0.15) is 11.5 Å². The highest BCUT2D eigenvalue weighted by molar-refractivity contribution is 7.92. The van der Waals surface area contributed by atoms with Gasteiger partial charge in [0.05, 0.1) is 56.9 Å². The molecule has 3 N–H and O–H groups in total. The van der Waals surface area contributed by atoms with Gasteiger partial charge in [-0.05, 0) is 53.3 Å². The molecule has 0 fully saturated rings. The molecule has 0 saturated carbocycles. The zero-order valence-electron chi connectivity index (χ0n) is 33.8. The van der Waals surface area contributed by atoms with E-state index in [-0.39, 0.29) is 22.6 Å². The standard InChI is InChI=1S/C44H52N4O9S/c1-44(2,3)32-27-38(42(54-5)39(28-32)48-58(6,51)52)47-43(50)46-37-17-18-41(36-11-8-7-10-35(36)37)57-34-19-20-45-33(29-34)26-30-13-15-31(16-14-30)40(49)12-9-21-55-24-25-56-23-22-53-4/h7-8,10-11,13-20,27-29,48H,9,12,21-26H2,1-6H3,(H2,46,47,50). The van der Waals surface area contributed by atoms with Crippen molar-refractivity contribution in [2.45, 2.75) is 45.4 Å². The number of nitrogens with one attached hydrogen (secondary N) is 3. The highest BCUT2D eigenvalue weighted by atomic mass is 32.2. The van der Waals surface area contributed by atoms with E-state index in [1.807, 2.05) is 75.4 Å². The van der Waals surface area contributed by atoms with E-state index in [1.165, 1.54) is 7.11 Å². The Morgan fingerprint density at radius 2 is 1.43 bits per heavy atom. The second-order valence-electron chi connectivity index (χ2n) is 14.7. The van der Waals surface area contributed by atoms with Gasteiger partial charge in [-0.3, -0.25) is 14.5 Å². The average Bonchev–Trinajstić information content (AvgIpc) is 3.17. The van der Waals surface area contributed by atoms with Crippen molar-refractivity contribution in [3.05, 3.63) is 114 Å². The van der Waals surface area contributed by atoms with Gasteiger partial charge in [0, 0.05) is 60.9 Å². The van der Waals surface area contributed by atoms with Crippen molar-refractivity contribution in [3.8, 4) is 17.2 Å². The molecule has 14 heteroatoms. The number of pyridine rings is 1. The summed E-state index contributed by atoms with van der Waals surface area (Å²) < 4.78 is 54.6. The summed E-state index contributed by atoms with van der Waals surface area (Å²) in [6.45, 7) is 8.52. The summed E-state index contributed by atoms with van der Waals surface area (Å²) in [5.41, 5.74) is 3.93. The molecule has 0 saturated heterocycles. The Morgan fingerprint density at radius 1 is 0.759 bits per heavy atom. The van der Waals surface area contributed by atoms with Gasteiger partial charge in [0.25, 0.3) is 0 Å². The van der Waals surface area contributed by atoms with Crippen molar-refractivity contribution < 1.29 is 41.7 Å². The predicted octanol–water partition coefficient (Wildman–Crippen LogP) is 8.58. The first kappa shape index (κ1) is 43.6. The van der Waals surface area contributed by atoms with Crippen molar-refractivity contribution >= 4 is 49.7 Å². The molecule has 0 spiro atoms. The van der Waals surface area contributed by atoms with Crippen molar-refractivity contribution in [1.82, 2.24) is 4.98 Å². The van der Waals surface area contributed by atoms with E-state index < -0.39 is 16.1 Å². The Hall–Kier alpha value is -5.54. The SMILES string of the molecule is COCCOCCOCCCC(=O)c1ccc(Cc2cc(Oc3ccc(NC(=O)Nc4cc(C(C)(C)C)cc(NS(C)(=O)=O)c4OC)c4ccccc34)ccn2)cc1. The number of rotatable bonds is 20. The molecule has 5 aromatic rings. The number of carbonyl (C=O) groups excluding carboxylic acids is 2. The lowest BCUT2D eigenvalue weighted by molar-refractivity contribution is 0.0240. The minimum atomic E-state index is -3.64. The Labute approximate surface area is 340 Å². The molecule has 4 aromatic carbocycles. The zero-order valence-corrected chi connectivity index (χ0v) is 34.7. The molecule has 1 aromatic heterocycles. The number of urea groups is 1. The summed E-state index contributed by atoms with van der Waals surface area (Å²) in [5, 5.41) is 7.28. The van der Waals surface area contributed by atoms with Crippen LogP contribution in [-0.4, -0.2) is 78.7 Å². The molecule has 308 valence electrons. The molecule has 0 bridgehead atoms. The number of hydrogen-bond acceptors (Lipinski definition) is 10. The maximum atomic E-state index is 13.5. The van der Waals surface area contributed by atoms with E-state index in [4.69, 9.17) is 23.7 Å². The van der Waals surface area contributed by atoms with Crippen LogP contribution in [0.15, 0.2) is 91.1 Å². The summed E-state index contributed by atoms with van der Waals surface area (Å²) in [4.78, 5) is 30.8. The number of anilines is 3. The van der Waals surface area contributed by atoms with Crippen LogP contribution < -0.4 is 24.8 Å². The van der Waals surface area contributed by atoms with Crippen LogP contribution in [0.3, 0.4) is 0 Å². The maximum absolute atomic E-state index is 13.5. The van der Waals surface area contributed by atoms with E-state index in [9.17, 15) is 18.0 Å². The van der Waals surface area contributed by atoms with Gasteiger partial charge in [0.15, 0.2) is 11.5 Å². The van der Waals surface area contributed by atoms with E-state index >= 15 is 0 Å². The largest absolute Gasteiger partial charge is 0.492 e. The van der Waals surface area contributed by atoms with Crippen LogP contribution in [-0.2, 0) is 36.1 Å². The van der Waals surface area contributed by atoms with Crippen LogP contribution in [0.1, 0.15) is 60.8 Å². The first-order valence-corrected chi connectivity index (χ1v) is 20.8. The van der Waals surface area contributed by atoms with Crippen LogP contribution >= 0.6 is 0 Å². The number of carbonyl (C=O) groups is 2. The number of fused-ring (bicyclic) bond motifs is 1. The number of amides is 2. The van der Waals surface area contributed by atoms with E-state index in [1.54, 1.807) is 43.6 Å². The normalized spacial score (nSPS) is 11.6. The third kappa shape index (κ3) is 12.7. The molecule has 0 unspecified atom stereocenters. The molecule has 0 aliphatic rings. The monoisotopic (exact) mass is 812 g/mol. The maximum Gasteiger partial charge on any atom is 0.323 e. The molecule has 1 heterocycles. The lowest BCUT2D eigenvalue weighted by atomic mass is 9.86. The minimum Gasteiger partial charge on any atom is -0.492 e. The lowest BCUT2D eigenvalue weighted by Crippen LogP contribution is -2.22. The van der Waals surface area contributed by atoms with Gasteiger partial charge in [-0.1, -0.05) is 69.3 Å². The van der Waals surface area contributed by atoms with E-state index in [2.05, 4.69) is 20.3 Å². The van der Waals surface area contributed by atoms with Crippen molar-refractivity contribution in [2.24, 2.45) is 0 Å². The van der Waals surface area contributed by atoms with E-state index in [0.717, 1.165) is 33.8 Å². The first-order valence-electron chi connectivity index (χ1n) is 18.9. The molecule has 58 heavy (non-hydrogen) atoms. The van der Waals surface area contributed by atoms with Gasteiger partial charge in [0.2, 0.25) is 10.0 Å². The quantitative estimate of drug-likeness (QED) is 0.0513. The Kier molecular flexibility index (Phi) is 15.2. The summed E-state index contributed by atoms with van der Waals surface area (Å²) in [5.74, 6) is 1.42. The number of benzene rings is 4. The summed E-state index contributed by atoms with van der Waals surface area (Å²) >= 11 is 0. The van der Waals surface area contributed by atoms with Gasteiger partial charge in [-0.25, -0.2) is 13.2 Å². The predicted molar refractivity (Wildman–Crippen MR) is 227 cm³/mol. The highest BCUT2D eigenvalue weighted by Crippen LogP contribution is 2.40. The molecular weight excluding hydrogens is 761 g/mol. The highest BCUT2D eigenvalue weighted by Gasteiger charge is 2.23. The topological polar surface area (TPSA) is 163 Å². The van der Waals surface area contributed by atoms with Crippen LogP contribution in [0, 0.1) is 0 Å². The van der Waals surface area contributed by atoms with E-state index in [0.29, 0.717) is 80.7 Å². The molecule has 2 amide bonds. The number of methoxy groups -OCH3 is 2. The number of sulfonamides is 1. The Balaban J connectivity index is 1.22. The fraction of sp³-hybridized carbons (Fsp3) is 0.341. The first-order chi connectivity index (χ1) is 27.7. The number of nitrogens with zero attached hydrogens (tertiary/aromatic N) is 1. The third-order valence-corrected chi connectivity index (χ3v) is 9.60. The fourth-order valence-corrected chi connectivity index (χ4v) is 6.65. The molecule has 5 rings (SSSR count). The second kappa shape index (κ2) is 20.2. The molecule has 0 aliphatic heterocycles. The summed E-state index contributed by atoms with van der Waals surface area (Å²) in [7, 11) is -0.597. The molecular formula is C44H52N4O9S. The van der Waals surface area contributed by atoms with Crippen LogP contribution in [0.4, 0.5) is 21.9 Å². The molecule has 0 aliphatic carbocycles. The van der Waals surface area contributed by atoms with Gasteiger partial charge >= 0.3 is 6.03 Å². The number of ketones is 1. The van der Waals surface area contributed by atoms with Crippen LogP contribution in [0.2, 0.25) is 0 Å². The third-order valence-electron chi connectivity index (χ3n) is 9.01. The molecule has 13 nitrogen and oxygen atoms in total. The number of aromatic nitrogens is 1. The van der Waals surface area contributed by atoms with Crippen LogP contribution in [0.25, 0.3) is 10.8 Å². The van der Waals surface area contributed by atoms with Crippen molar-refractivity contribution in [2.75, 3.05) is 68.9 Å². The smallest absolute Gasteiger partial charge is 0.323 e. The average molecular weight is 813 g/mol. The minimum absolute atomic E-state index is 0.0679. The van der Waals surface area contributed by atoms with Crippen molar-refractivity contribution in [3.63, 3.8) is 0 Å². The zero-order chi connectivity index (χ0) is 41.7. The summed E-state index contributed by atoms with van der Waals surface area (Å²) in [6.07, 6.45) is 4.33. The van der Waals surface area contributed by atoms with Gasteiger partial charge < -0.3 is 34.3 Å². The summed E-state index contributed by atoms with van der Waals surface area (Å²) in [6, 6.07) is 25.2. The fourth-order valence-electron chi connectivity index (χ4n) is 6.10. The van der Waals surface area contributed by atoms with Crippen molar-refractivity contribution in [1.29, 1.82) is 0 Å².